The predicted octanol–water partition coefficient (Wildman–Crippen LogP) is 1.90. The van der Waals surface area contributed by atoms with Crippen LogP contribution in [0.3, 0.4) is 0 Å². The molecule has 0 aliphatic rings. The lowest BCUT2D eigenvalue weighted by Crippen LogP contribution is -2.13. The Morgan fingerprint density at radius 2 is 2.13 bits per heavy atom. The van der Waals surface area contributed by atoms with Crippen molar-refractivity contribution in [1.82, 2.24) is 0 Å². The van der Waals surface area contributed by atoms with Crippen LogP contribution in [0.4, 0.5) is 5.69 Å². The molecular weight excluding hydrogens is 196 g/mol. The maximum absolute atomic E-state index is 11.4. The summed E-state index contributed by atoms with van der Waals surface area (Å²) >= 11 is 0. The van der Waals surface area contributed by atoms with Gasteiger partial charge in [-0.25, -0.2) is 9.80 Å². The minimum atomic E-state index is -0.486. The number of nitrogens with zero attached hydrogens (tertiary/aromatic N) is 2. The number of nitroso groups, excluding NO2 is 1. The molecule has 15 heavy (non-hydrogen) atoms. The van der Waals surface area contributed by atoms with Crippen molar-refractivity contribution >= 4 is 11.7 Å². The van der Waals surface area contributed by atoms with Crippen LogP contribution in [0.5, 0.6) is 0 Å². The summed E-state index contributed by atoms with van der Waals surface area (Å²) in [6, 6.07) is 5.08. The van der Waals surface area contributed by atoms with Crippen molar-refractivity contribution in [1.29, 1.82) is 0 Å². The van der Waals surface area contributed by atoms with Gasteiger partial charge in [0.05, 0.1) is 23.6 Å². The van der Waals surface area contributed by atoms with Gasteiger partial charge in [-0.2, -0.15) is 0 Å². The lowest BCUT2D eigenvalue weighted by molar-refractivity contribution is 0.0601. The third-order valence-corrected chi connectivity index (χ3v) is 2.03. The Hall–Kier alpha value is -1.91. The zero-order valence-corrected chi connectivity index (χ0v) is 8.85. The van der Waals surface area contributed by atoms with E-state index < -0.39 is 5.97 Å². The van der Waals surface area contributed by atoms with Gasteiger partial charge in [0.25, 0.3) is 0 Å². The van der Waals surface area contributed by atoms with Gasteiger partial charge in [-0.3, -0.25) is 0 Å². The molecule has 80 valence electrons. The number of esters is 1. The van der Waals surface area contributed by atoms with E-state index in [9.17, 15) is 9.70 Å². The highest BCUT2D eigenvalue weighted by Crippen LogP contribution is 2.22. The number of hydrogen-bond donors (Lipinski definition) is 0. The van der Waals surface area contributed by atoms with Crippen molar-refractivity contribution in [2.45, 2.75) is 6.92 Å². The van der Waals surface area contributed by atoms with Gasteiger partial charge >= 0.3 is 5.97 Å². The molecule has 0 N–H and O–H groups in total. The van der Waals surface area contributed by atoms with Gasteiger partial charge < -0.3 is 4.74 Å². The molecule has 0 spiro atoms. The van der Waals surface area contributed by atoms with Gasteiger partial charge in [-0.05, 0) is 24.6 Å². The molecule has 0 aromatic heterocycles. The lowest BCUT2D eigenvalue weighted by atomic mass is 10.1. The third kappa shape index (κ3) is 2.31. The van der Waals surface area contributed by atoms with Gasteiger partial charge in [-0.1, -0.05) is 6.07 Å². The second kappa shape index (κ2) is 4.54. The molecule has 0 aliphatic heterocycles. The van der Waals surface area contributed by atoms with Gasteiger partial charge in [0.1, 0.15) is 0 Å². The Labute approximate surface area is 87.6 Å². The molecule has 1 rings (SSSR count). The van der Waals surface area contributed by atoms with Crippen LogP contribution >= 0.6 is 0 Å². The molecule has 0 unspecified atom stereocenters. The van der Waals surface area contributed by atoms with Crippen LogP contribution in [0.1, 0.15) is 15.9 Å². The molecule has 0 saturated heterocycles. The first kappa shape index (κ1) is 11.2. The van der Waals surface area contributed by atoms with Crippen molar-refractivity contribution in [3.63, 3.8) is 0 Å². The number of methoxy groups -OCH3 is 1. The predicted molar refractivity (Wildman–Crippen MR) is 56.7 cm³/mol. The van der Waals surface area contributed by atoms with Crippen LogP contribution in [0.25, 0.3) is 0 Å². The number of rotatable bonds is 3. The normalized spacial score (nSPS) is 9.53. The molecule has 1 aromatic rings. The molecule has 0 saturated carbocycles. The first-order valence-electron chi connectivity index (χ1n) is 4.36. The number of benzene rings is 1. The van der Waals surface area contributed by atoms with Gasteiger partial charge in [0.15, 0.2) is 0 Å². The van der Waals surface area contributed by atoms with Crippen molar-refractivity contribution in [3.05, 3.63) is 34.2 Å². The summed E-state index contributed by atoms with van der Waals surface area (Å²) in [6.45, 7) is 1.86. The van der Waals surface area contributed by atoms with Crippen LogP contribution < -0.4 is 5.01 Å². The van der Waals surface area contributed by atoms with E-state index in [2.05, 4.69) is 10.0 Å². The SMILES string of the molecule is COC(=O)c1ccc(C)cc1N(C)N=O. The highest BCUT2D eigenvalue weighted by atomic mass is 16.5. The van der Waals surface area contributed by atoms with Crippen LogP contribution in [0, 0.1) is 11.8 Å². The molecular formula is C10H12N2O3. The summed E-state index contributed by atoms with van der Waals surface area (Å²) in [5.74, 6) is -0.486. The third-order valence-electron chi connectivity index (χ3n) is 2.03. The smallest absolute Gasteiger partial charge is 0.340 e. The summed E-state index contributed by atoms with van der Waals surface area (Å²) in [5, 5.41) is 3.85. The first-order chi connectivity index (χ1) is 7.10. The van der Waals surface area contributed by atoms with E-state index in [0.29, 0.717) is 11.3 Å². The van der Waals surface area contributed by atoms with Crippen LogP contribution in [0.2, 0.25) is 0 Å². The summed E-state index contributed by atoms with van der Waals surface area (Å²) in [4.78, 5) is 21.8. The van der Waals surface area contributed by atoms with Crippen LogP contribution in [-0.4, -0.2) is 20.1 Å². The van der Waals surface area contributed by atoms with Gasteiger partial charge in [-0.15, -0.1) is 4.91 Å². The minimum Gasteiger partial charge on any atom is -0.465 e. The van der Waals surface area contributed by atoms with Crippen molar-refractivity contribution in [2.75, 3.05) is 19.2 Å². The lowest BCUT2D eigenvalue weighted by Gasteiger charge is -2.13. The first-order valence-corrected chi connectivity index (χ1v) is 4.36. The Kier molecular flexibility index (Phi) is 3.38. The Balaban J connectivity index is 3.25. The molecule has 5 heteroatoms. The number of carbonyl (C=O) groups is 1. The quantitative estimate of drug-likeness (QED) is 0.432. The standard InChI is InChI=1S/C10H12N2O3/c1-7-4-5-8(10(13)15-3)9(6-7)12(2)11-14/h4-6H,1-3H3. The highest BCUT2D eigenvalue weighted by molar-refractivity contribution is 5.95. The molecule has 0 bridgehead atoms. The average Bonchev–Trinajstić information content (AvgIpc) is 2.26. The fraction of sp³-hybridized carbons (Fsp3) is 0.300. The number of aryl methyl sites for hydroxylation is 1. The summed E-state index contributed by atoms with van der Waals surface area (Å²) in [5.41, 5.74) is 1.70. The Morgan fingerprint density at radius 1 is 1.47 bits per heavy atom. The number of anilines is 1. The molecule has 0 fully saturated rings. The van der Waals surface area contributed by atoms with E-state index in [1.807, 2.05) is 6.92 Å². The van der Waals surface area contributed by atoms with Crippen LogP contribution in [0.15, 0.2) is 23.5 Å². The highest BCUT2D eigenvalue weighted by Gasteiger charge is 2.15. The molecule has 0 atom stereocenters. The molecule has 0 aliphatic carbocycles. The Morgan fingerprint density at radius 3 is 2.67 bits per heavy atom. The topological polar surface area (TPSA) is 59.0 Å². The fourth-order valence-corrected chi connectivity index (χ4v) is 1.24. The monoisotopic (exact) mass is 208 g/mol. The number of ether oxygens (including phenoxy) is 1. The summed E-state index contributed by atoms with van der Waals surface area (Å²) in [7, 11) is 2.77. The van der Waals surface area contributed by atoms with Crippen molar-refractivity contribution in [2.24, 2.45) is 5.29 Å². The van der Waals surface area contributed by atoms with E-state index in [1.54, 1.807) is 18.2 Å². The average molecular weight is 208 g/mol. The number of hydrogen-bond acceptors (Lipinski definition) is 4. The molecule has 0 radical (unpaired) electrons. The van der Waals surface area contributed by atoms with Crippen LogP contribution in [-0.2, 0) is 4.74 Å². The van der Waals surface area contributed by atoms with E-state index in [4.69, 9.17) is 0 Å². The van der Waals surface area contributed by atoms with Crippen molar-refractivity contribution < 1.29 is 9.53 Å². The van der Waals surface area contributed by atoms with Gasteiger partial charge in [0.2, 0.25) is 0 Å². The van der Waals surface area contributed by atoms with E-state index >= 15 is 0 Å². The molecule has 0 heterocycles. The van der Waals surface area contributed by atoms with E-state index in [1.165, 1.54) is 14.2 Å². The maximum Gasteiger partial charge on any atom is 0.340 e. The Bertz CT molecular complexity index is 390. The summed E-state index contributed by atoms with van der Waals surface area (Å²) in [6.07, 6.45) is 0. The van der Waals surface area contributed by atoms with E-state index in [0.717, 1.165) is 10.6 Å². The van der Waals surface area contributed by atoms with Gasteiger partial charge in [0, 0.05) is 7.05 Å². The zero-order chi connectivity index (χ0) is 11.4. The second-order valence-electron chi connectivity index (χ2n) is 3.12. The number of carbonyl (C=O) groups excluding carboxylic acids is 1. The molecule has 1 aromatic carbocycles. The zero-order valence-electron chi connectivity index (χ0n) is 8.85. The van der Waals surface area contributed by atoms with E-state index in [-0.39, 0.29) is 0 Å². The largest absolute Gasteiger partial charge is 0.465 e. The molecule has 0 amide bonds. The fourth-order valence-electron chi connectivity index (χ4n) is 1.24. The minimum absolute atomic E-state index is 0.324. The summed E-state index contributed by atoms with van der Waals surface area (Å²) < 4.78 is 4.60. The molecule has 5 nitrogen and oxygen atoms in total. The second-order valence-corrected chi connectivity index (χ2v) is 3.12. The maximum atomic E-state index is 11.4. The van der Waals surface area contributed by atoms with Crippen molar-refractivity contribution in [3.8, 4) is 0 Å².